The lowest BCUT2D eigenvalue weighted by Gasteiger charge is -2.10. The Morgan fingerprint density at radius 2 is 1.87 bits per heavy atom. The fourth-order valence-corrected chi connectivity index (χ4v) is 1.59. The van der Waals surface area contributed by atoms with Gasteiger partial charge in [0.15, 0.2) is 5.78 Å². The molecule has 1 aromatic rings. The van der Waals surface area contributed by atoms with Gasteiger partial charge in [0, 0.05) is 12.0 Å². The third-order valence-electron chi connectivity index (χ3n) is 2.65. The predicted molar refractivity (Wildman–Crippen MR) is 61.4 cm³/mol. The summed E-state index contributed by atoms with van der Waals surface area (Å²) in [6.45, 7) is 7.76. The molecule has 0 radical (unpaired) electrons. The molecule has 0 aliphatic carbocycles. The molecule has 1 N–H and O–H groups in total. The van der Waals surface area contributed by atoms with E-state index in [2.05, 4.69) is 0 Å². The van der Waals surface area contributed by atoms with Crippen molar-refractivity contribution in [3.05, 3.63) is 28.8 Å². The van der Waals surface area contributed by atoms with Crippen molar-refractivity contribution < 1.29 is 9.90 Å². The summed E-state index contributed by atoms with van der Waals surface area (Å²) >= 11 is 0. The van der Waals surface area contributed by atoms with Crippen LogP contribution in [0.5, 0.6) is 5.75 Å². The Labute approximate surface area is 90.9 Å². The first-order valence-electron chi connectivity index (χ1n) is 5.25. The summed E-state index contributed by atoms with van der Waals surface area (Å²) in [6.07, 6.45) is 0.561. The number of carbonyl (C=O) groups is 1. The highest BCUT2D eigenvalue weighted by Gasteiger charge is 2.13. The van der Waals surface area contributed by atoms with Crippen LogP contribution in [0.4, 0.5) is 0 Å². The van der Waals surface area contributed by atoms with E-state index in [1.54, 1.807) is 12.1 Å². The van der Waals surface area contributed by atoms with Gasteiger partial charge in [-0.3, -0.25) is 4.79 Å². The molecule has 1 rings (SSSR count). The average molecular weight is 206 g/mol. The van der Waals surface area contributed by atoms with E-state index in [9.17, 15) is 9.90 Å². The molecule has 0 bridgehead atoms. The second-order valence-electron chi connectivity index (χ2n) is 4.40. The minimum atomic E-state index is 0.158. The summed E-state index contributed by atoms with van der Waals surface area (Å²) in [5, 5.41) is 9.48. The summed E-state index contributed by atoms with van der Waals surface area (Å²) in [5.41, 5.74) is 2.42. The van der Waals surface area contributed by atoms with Gasteiger partial charge >= 0.3 is 0 Å². The van der Waals surface area contributed by atoms with Crippen LogP contribution >= 0.6 is 0 Å². The van der Waals surface area contributed by atoms with Crippen LogP contribution in [0.3, 0.4) is 0 Å². The van der Waals surface area contributed by atoms with E-state index >= 15 is 0 Å². The first kappa shape index (κ1) is 11.8. The van der Waals surface area contributed by atoms with Crippen molar-refractivity contribution in [1.82, 2.24) is 0 Å². The zero-order chi connectivity index (χ0) is 11.6. The van der Waals surface area contributed by atoms with E-state index in [0.29, 0.717) is 12.3 Å². The molecule has 0 spiro atoms. The highest BCUT2D eigenvalue weighted by molar-refractivity contribution is 5.98. The Kier molecular flexibility index (Phi) is 3.51. The predicted octanol–water partition coefficient (Wildman–Crippen LogP) is 3.24. The molecule has 82 valence electrons. The lowest BCUT2D eigenvalue weighted by atomic mass is 9.95. The summed E-state index contributed by atoms with van der Waals surface area (Å²) in [7, 11) is 0. The third-order valence-corrected chi connectivity index (χ3v) is 2.65. The van der Waals surface area contributed by atoms with Crippen LogP contribution in [0.25, 0.3) is 0 Å². The topological polar surface area (TPSA) is 37.3 Å². The Hall–Kier alpha value is -1.31. The lowest BCUT2D eigenvalue weighted by molar-refractivity contribution is 0.0967. The van der Waals surface area contributed by atoms with Crippen molar-refractivity contribution in [2.45, 2.75) is 34.1 Å². The molecule has 0 saturated carbocycles. The van der Waals surface area contributed by atoms with Crippen molar-refractivity contribution in [2.75, 3.05) is 0 Å². The third kappa shape index (κ3) is 2.58. The molecule has 0 aliphatic heterocycles. The lowest BCUT2D eigenvalue weighted by Crippen LogP contribution is -2.06. The minimum absolute atomic E-state index is 0.158. The van der Waals surface area contributed by atoms with Crippen molar-refractivity contribution >= 4 is 5.78 Å². The highest BCUT2D eigenvalue weighted by Crippen LogP contribution is 2.24. The van der Waals surface area contributed by atoms with Crippen LogP contribution in [0.2, 0.25) is 0 Å². The molecule has 0 heterocycles. The monoisotopic (exact) mass is 206 g/mol. The van der Waals surface area contributed by atoms with E-state index in [0.717, 1.165) is 16.7 Å². The van der Waals surface area contributed by atoms with E-state index in [4.69, 9.17) is 0 Å². The largest absolute Gasteiger partial charge is 0.508 e. The number of benzene rings is 1. The average Bonchev–Trinajstić information content (AvgIpc) is 2.13. The number of phenols is 1. The van der Waals surface area contributed by atoms with Crippen LogP contribution in [0, 0.1) is 19.8 Å². The summed E-state index contributed by atoms with van der Waals surface area (Å²) in [5.74, 6) is 0.783. The quantitative estimate of drug-likeness (QED) is 0.771. The molecule has 0 aliphatic rings. The van der Waals surface area contributed by atoms with Gasteiger partial charge in [0.05, 0.1) is 0 Å². The molecule has 0 atom stereocenters. The van der Waals surface area contributed by atoms with Gasteiger partial charge in [0.2, 0.25) is 0 Å². The van der Waals surface area contributed by atoms with Gasteiger partial charge < -0.3 is 5.11 Å². The van der Waals surface area contributed by atoms with Crippen molar-refractivity contribution in [3.63, 3.8) is 0 Å². The standard InChI is InChI=1S/C13H18O2/c1-8(2)7-13(15)11-5-6-12(14)10(4)9(11)3/h5-6,8,14H,7H2,1-4H3. The van der Waals surface area contributed by atoms with Crippen molar-refractivity contribution in [2.24, 2.45) is 5.92 Å². The Morgan fingerprint density at radius 1 is 1.27 bits per heavy atom. The maximum absolute atomic E-state index is 11.9. The second kappa shape index (κ2) is 4.47. The number of hydrogen-bond donors (Lipinski definition) is 1. The fourth-order valence-electron chi connectivity index (χ4n) is 1.59. The fraction of sp³-hybridized carbons (Fsp3) is 0.462. The van der Waals surface area contributed by atoms with Gasteiger partial charge in [-0.1, -0.05) is 13.8 Å². The van der Waals surface area contributed by atoms with Gasteiger partial charge in [-0.2, -0.15) is 0 Å². The van der Waals surface area contributed by atoms with Gasteiger partial charge in [-0.15, -0.1) is 0 Å². The molecule has 2 heteroatoms. The van der Waals surface area contributed by atoms with Crippen LogP contribution in [-0.4, -0.2) is 10.9 Å². The summed E-state index contributed by atoms with van der Waals surface area (Å²) < 4.78 is 0. The maximum atomic E-state index is 11.9. The number of aromatic hydroxyl groups is 1. The normalized spacial score (nSPS) is 10.7. The number of Topliss-reactive ketones (excluding diaryl/α,β-unsaturated/α-hetero) is 1. The van der Waals surface area contributed by atoms with Crippen molar-refractivity contribution in [3.8, 4) is 5.75 Å². The molecular formula is C13H18O2. The molecule has 15 heavy (non-hydrogen) atoms. The second-order valence-corrected chi connectivity index (χ2v) is 4.40. The number of carbonyl (C=O) groups excluding carboxylic acids is 1. The van der Waals surface area contributed by atoms with Crippen molar-refractivity contribution in [1.29, 1.82) is 0 Å². The Morgan fingerprint density at radius 3 is 2.40 bits per heavy atom. The number of ketones is 1. The van der Waals surface area contributed by atoms with Crippen LogP contribution < -0.4 is 0 Å². The maximum Gasteiger partial charge on any atom is 0.163 e. The van der Waals surface area contributed by atoms with E-state index in [1.807, 2.05) is 27.7 Å². The Bertz CT molecular complexity index is 378. The molecule has 1 aromatic carbocycles. The zero-order valence-corrected chi connectivity index (χ0v) is 9.79. The number of phenolic OH excluding ortho intramolecular Hbond substituents is 1. The van der Waals surface area contributed by atoms with Crippen LogP contribution in [0.15, 0.2) is 12.1 Å². The van der Waals surface area contributed by atoms with Crippen LogP contribution in [0.1, 0.15) is 41.8 Å². The first-order chi connectivity index (χ1) is 6.93. The molecule has 0 unspecified atom stereocenters. The van der Waals surface area contributed by atoms with Gasteiger partial charge in [0.1, 0.15) is 5.75 Å². The van der Waals surface area contributed by atoms with E-state index in [-0.39, 0.29) is 11.5 Å². The van der Waals surface area contributed by atoms with Gasteiger partial charge in [-0.05, 0) is 43.0 Å². The molecule has 2 nitrogen and oxygen atoms in total. The summed E-state index contributed by atoms with van der Waals surface area (Å²) in [4.78, 5) is 11.9. The highest BCUT2D eigenvalue weighted by atomic mass is 16.3. The Balaban J connectivity index is 3.06. The zero-order valence-electron chi connectivity index (χ0n) is 9.79. The molecule has 0 aromatic heterocycles. The molecular weight excluding hydrogens is 188 g/mol. The number of hydrogen-bond acceptors (Lipinski definition) is 2. The molecule has 0 amide bonds. The van der Waals surface area contributed by atoms with E-state index in [1.165, 1.54) is 0 Å². The minimum Gasteiger partial charge on any atom is -0.508 e. The molecule has 0 saturated heterocycles. The van der Waals surface area contributed by atoms with Gasteiger partial charge in [0.25, 0.3) is 0 Å². The van der Waals surface area contributed by atoms with Crippen LogP contribution in [-0.2, 0) is 0 Å². The first-order valence-corrected chi connectivity index (χ1v) is 5.25. The molecule has 0 fully saturated rings. The smallest absolute Gasteiger partial charge is 0.163 e. The SMILES string of the molecule is Cc1c(O)ccc(C(=O)CC(C)C)c1C. The summed E-state index contributed by atoms with van der Waals surface area (Å²) in [6, 6.07) is 3.30. The van der Waals surface area contributed by atoms with Gasteiger partial charge in [-0.25, -0.2) is 0 Å². The number of rotatable bonds is 3. The van der Waals surface area contributed by atoms with E-state index < -0.39 is 0 Å².